The van der Waals surface area contributed by atoms with Crippen LogP contribution in [-0.4, -0.2) is 22.9 Å². The van der Waals surface area contributed by atoms with Crippen LogP contribution in [0.15, 0.2) is 28.7 Å². The zero-order chi connectivity index (χ0) is 13.3. The molecule has 1 N–H and O–H groups in total. The van der Waals surface area contributed by atoms with Gasteiger partial charge in [0.2, 0.25) is 0 Å². The second-order valence-corrected chi connectivity index (χ2v) is 9.59. The highest BCUT2D eigenvalue weighted by Crippen LogP contribution is 2.39. The van der Waals surface area contributed by atoms with E-state index >= 15 is 0 Å². The molecule has 96 valence electrons. The summed E-state index contributed by atoms with van der Waals surface area (Å²) in [7, 11) is -3.40. The average Bonchev–Trinajstić information content (AvgIpc) is 2.28. The first-order valence-electron chi connectivity index (χ1n) is 5.07. The fourth-order valence-corrected chi connectivity index (χ4v) is 3.65. The first kappa shape index (κ1) is 15.1. The molecule has 17 heavy (non-hydrogen) atoms. The van der Waals surface area contributed by atoms with Crippen molar-refractivity contribution in [1.82, 2.24) is 0 Å². The molecule has 3 nitrogen and oxygen atoms in total. The Morgan fingerprint density at radius 2 is 1.82 bits per heavy atom. The summed E-state index contributed by atoms with van der Waals surface area (Å²) in [4.78, 5) is 0. The second kappa shape index (κ2) is 5.38. The maximum atomic E-state index is 11.9. The van der Waals surface area contributed by atoms with Gasteiger partial charge < -0.3 is 5.11 Å². The fraction of sp³-hybridized carbons (Fsp3) is 0.455. The van der Waals surface area contributed by atoms with Crippen LogP contribution in [0.2, 0.25) is 0 Å². The summed E-state index contributed by atoms with van der Waals surface area (Å²) < 4.78 is 23.3. The second-order valence-electron chi connectivity index (χ2n) is 3.84. The van der Waals surface area contributed by atoms with Gasteiger partial charge in [-0.25, -0.2) is 8.42 Å². The van der Waals surface area contributed by atoms with E-state index in [0.29, 0.717) is 5.56 Å². The molecule has 0 aromatic heterocycles. The van der Waals surface area contributed by atoms with Crippen molar-refractivity contribution in [3.8, 4) is 0 Å². The normalized spacial score (nSPS) is 17.5. The van der Waals surface area contributed by atoms with E-state index in [1.54, 1.807) is 31.2 Å². The molecule has 1 aromatic carbocycles. The summed E-state index contributed by atoms with van der Waals surface area (Å²) in [5, 5.41) is 10.2. The van der Waals surface area contributed by atoms with Crippen LogP contribution >= 0.6 is 31.9 Å². The van der Waals surface area contributed by atoms with Gasteiger partial charge in [-0.1, -0.05) is 50.9 Å². The molecule has 2 atom stereocenters. The van der Waals surface area contributed by atoms with Crippen LogP contribution in [0, 0.1) is 0 Å². The molecule has 1 rings (SSSR count). The molecular weight excluding hydrogens is 372 g/mol. The molecule has 6 heteroatoms. The molecule has 0 fully saturated rings. The van der Waals surface area contributed by atoms with Gasteiger partial charge >= 0.3 is 0 Å². The quantitative estimate of drug-likeness (QED) is 0.810. The molecule has 0 radical (unpaired) electrons. The minimum Gasteiger partial charge on any atom is -0.386 e. The van der Waals surface area contributed by atoms with Crippen molar-refractivity contribution in [2.24, 2.45) is 0 Å². The van der Waals surface area contributed by atoms with Crippen LogP contribution in [0.25, 0.3) is 0 Å². The Morgan fingerprint density at radius 1 is 1.35 bits per heavy atom. The molecule has 0 saturated heterocycles. The molecule has 0 amide bonds. The van der Waals surface area contributed by atoms with Gasteiger partial charge in [-0.15, -0.1) is 0 Å². The topological polar surface area (TPSA) is 54.4 Å². The summed E-state index contributed by atoms with van der Waals surface area (Å²) in [6.07, 6.45) is -1.11. The van der Waals surface area contributed by atoms with Crippen molar-refractivity contribution in [2.45, 2.75) is 23.6 Å². The van der Waals surface area contributed by atoms with Crippen LogP contribution in [0.3, 0.4) is 0 Å². The molecule has 0 bridgehead atoms. The number of sulfone groups is 1. The molecule has 0 spiro atoms. The SMILES string of the molecule is CCS(=O)(=O)[C@@](C)(Br)[C@@H](O)c1ccc(Br)cc1. The van der Waals surface area contributed by atoms with Crippen molar-refractivity contribution in [2.75, 3.05) is 5.75 Å². The number of hydrogen-bond donors (Lipinski definition) is 1. The van der Waals surface area contributed by atoms with E-state index in [9.17, 15) is 13.5 Å². The molecule has 1 aromatic rings. The van der Waals surface area contributed by atoms with Crippen molar-refractivity contribution in [3.63, 3.8) is 0 Å². The van der Waals surface area contributed by atoms with Gasteiger partial charge in [0.1, 0.15) is 6.10 Å². The van der Waals surface area contributed by atoms with Crippen molar-refractivity contribution < 1.29 is 13.5 Å². The largest absolute Gasteiger partial charge is 0.386 e. The predicted molar refractivity (Wildman–Crippen MR) is 75.9 cm³/mol. The molecule has 0 aliphatic heterocycles. The molecular formula is C11H14Br2O3S. The van der Waals surface area contributed by atoms with Gasteiger partial charge in [0.15, 0.2) is 13.5 Å². The Bertz CT molecular complexity index is 480. The van der Waals surface area contributed by atoms with Crippen LogP contribution < -0.4 is 0 Å². The molecule has 0 heterocycles. The van der Waals surface area contributed by atoms with Gasteiger partial charge in [-0.2, -0.15) is 0 Å². The van der Waals surface area contributed by atoms with Crippen LogP contribution in [0.1, 0.15) is 25.5 Å². The average molecular weight is 386 g/mol. The van der Waals surface area contributed by atoms with Gasteiger partial charge in [-0.3, -0.25) is 0 Å². The number of aliphatic hydroxyl groups is 1. The molecule has 0 unspecified atom stereocenters. The standard InChI is InChI=1S/C11H14Br2O3S/c1-3-17(15,16)11(2,13)10(14)8-4-6-9(12)7-5-8/h4-7,10,14H,3H2,1-2H3/t10-,11+/m0/s1. The third kappa shape index (κ3) is 3.10. The highest BCUT2D eigenvalue weighted by Gasteiger charge is 2.42. The Kier molecular flexibility index (Phi) is 4.80. The van der Waals surface area contributed by atoms with Gasteiger partial charge in [0.25, 0.3) is 0 Å². The number of hydrogen-bond acceptors (Lipinski definition) is 3. The first-order chi connectivity index (χ1) is 7.72. The van der Waals surface area contributed by atoms with Crippen LogP contribution in [-0.2, 0) is 9.84 Å². The smallest absolute Gasteiger partial charge is 0.168 e. The van der Waals surface area contributed by atoms with E-state index in [1.807, 2.05) is 0 Å². The van der Waals surface area contributed by atoms with E-state index in [-0.39, 0.29) is 5.75 Å². The predicted octanol–water partition coefficient (Wildman–Crippen LogP) is 3.03. The van der Waals surface area contributed by atoms with Gasteiger partial charge in [0, 0.05) is 10.2 Å². The zero-order valence-electron chi connectivity index (χ0n) is 9.52. The number of alkyl halides is 1. The van der Waals surface area contributed by atoms with E-state index in [2.05, 4.69) is 31.9 Å². The lowest BCUT2D eigenvalue weighted by Gasteiger charge is -2.28. The Morgan fingerprint density at radius 3 is 2.24 bits per heavy atom. The van der Waals surface area contributed by atoms with Crippen LogP contribution in [0.4, 0.5) is 0 Å². The monoisotopic (exact) mass is 384 g/mol. The third-order valence-electron chi connectivity index (χ3n) is 2.66. The fourth-order valence-electron chi connectivity index (χ4n) is 1.40. The molecule has 0 saturated carbocycles. The Labute approximate surface area is 118 Å². The van der Waals surface area contributed by atoms with Gasteiger partial charge in [-0.05, 0) is 24.6 Å². The summed E-state index contributed by atoms with van der Waals surface area (Å²) in [5.74, 6) is -0.0255. The number of benzene rings is 1. The summed E-state index contributed by atoms with van der Waals surface area (Å²) in [6.45, 7) is 3.03. The van der Waals surface area contributed by atoms with E-state index in [4.69, 9.17) is 0 Å². The van der Waals surface area contributed by atoms with Crippen molar-refractivity contribution in [1.29, 1.82) is 0 Å². The lowest BCUT2D eigenvalue weighted by molar-refractivity contribution is 0.167. The van der Waals surface area contributed by atoms with E-state index in [1.165, 1.54) is 6.92 Å². The number of aliphatic hydroxyl groups excluding tert-OH is 1. The number of halogens is 2. The highest BCUT2D eigenvalue weighted by molar-refractivity contribution is 9.11. The summed E-state index contributed by atoms with van der Waals surface area (Å²) >= 11 is 6.42. The molecule has 0 aliphatic carbocycles. The zero-order valence-corrected chi connectivity index (χ0v) is 13.5. The maximum absolute atomic E-state index is 11.9. The van der Waals surface area contributed by atoms with Gasteiger partial charge in [0.05, 0.1) is 0 Å². The highest BCUT2D eigenvalue weighted by atomic mass is 79.9. The van der Waals surface area contributed by atoms with Crippen molar-refractivity contribution >= 4 is 41.7 Å². The Balaban J connectivity index is 3.12. The van der Waals surface area contributed by atoms with Crippen LogP contribution in [0.5, 0.6) is 0 Å². The van der Waals surface area contributed by atoms with Crippen molar-refractivity contribution in [3.05, 3.63) is 34.3 Å². The summed E-state index contributed by atoms with van der Waals surface area (Å²) in [6, 6.07) is 6.92. The minimum atomic E-state index is -3.40. The van der Waals surface area contributed by atoms with E-state index in [0.717, 1.165) is 4.47 Å². The van der Waals surface area contributed by atoms with E-state index < -0.39 is 19.6 Å². The third-order valence-corrected chi connectivity index (χ3v) is 7.30. The summed E-state index contributed by atoms with van der Waals surface area (Å²) in [5.41, 5.74) is 0.560. The minimum absolute atomic E-state index is 0.0255. The Hall–Kier alpha value is 0.0900. The lowest BCUT2D eigenvalue weighted by atomic mass is 10.1. The molecule has 0 aliphatic rings. The number of rotatable bonds is 4. The lowest BCUT2D eigenvalue weighted by Crippen LogP contribution is -2.36. The maximum Gasteiger partial charge on any atom is 0.168 e. The first-order valence-corrected chi connectivity index (χ1v) is 8.31.